The van der Waals surface area contributed by atoms with E-state index in [-0.39, 0.29) is 18.2 Å². The van der Waals surface area contributed by atoms with E-state index < -0.39 is 0 Å². The first-order valence-corrected chi connectivity index (χ1v) is 7.58. The maximum Gasteiger partial charge on any atom is 0.120 e. The highest BCUT2D eigenvalue weighted by atomic mass is 127. The molecule has 1 aromatic carbocycles. The number of ether oxygens (including phenoxy) is 1. The number of hydrogen-bond donors (Lipinski definition) is 1. The third kappa shape index (κ3) is 2.26. The Morgan fingerprint density at radius 2 is 2.39 bits per heavy atom. The summed E-state index contributed by atoms with van der Waals surface area (Å²) in [6.07, 6.45) is 3.48. The molecule has 0 radical (unpaired) electrons. The number of nitrogens with zero attached hydrogens (tertiary/aromatic N) is 1. The van der Waals surface area contributed by atoms with Gasteiger partial charge in [0.15, 0.2) is 0 Å². The van der Waals surface area contributed by atoms with Crippen molar-refractivity contribution >= 4 is 22.6 Å². The third-order valence-electron chi connectivity index (χ3n) is 4.17. The van der Waals surface area contributed by atoms with Crippen molar-refractivity contribution in [2.75, 3.05) is 19.7 Å². The highest BCUT2D eigenvalue weighted by molar-refractivity contribution is 14.1. The van der Waals surface area contributed by atoms with Gasteiger partial charge in [0.2, 0.25) is 0 Å². The Labute approximate surface area is 121 Å². The zero-order valence-electron chi connectivity index (χ0n) is 10.3. The number of fused-ring (bicyclic) bond motifs is 1. The summed E-state index contributed by atoms with van der Waals surface area (Å²) < 4.78 is 7.26. The van der Waals surface area contributed by atoms with Gasteiger partial charge in [-0.1, -0.05) is 6.07 Å². The van der Waals surface area contributed by atoms with Crippen molar-refractivity contribution in [2.45, 2.75) is 30.9 Å². The van der Waals surface area contributed by atoms with Gasteiger partial charge in [-0.15, -0.1) is 0 Å². The summed E-state index contributed by atoms with van der Waals surface area (Å²) in [6, 6.07) is 8.16. The van der Waals surface area contributed by atoms with Gasteiger partial charge in [-0.2, -0.15) is 0 Å². The summed E-state index contributed by atoms with van der Waals surface area (Å²) in [5.41, 5.74) is 0.00655. The molecular weight excluding hydrogens is 341 g/mol. The lowest BCUT2D eigenvalue weighted by atomic mass is 9.94. The lowest BCUT2D eigenvalue weighted by molar-refractivity contribution is 0.0993. The van der Waals surface area contributed by atoms with Gasteiger partial charge in [-0.05, 0) is 60.2 Å². The van der Waals surface area contributed by atoms with E-state index >= 15 is 0 Å². The molecular formula is C14H18INO2. The fourth-order valence-electron chi connectivity index (χ4n) is 3.30. The molecule has 2 atom stereocenters. The molecule has 0 aliphatic carbocycles. The molecule has 2 saturated heterocycles. The van der Waals surface area contributed by atoms with E-state index in [1.807, 2.05) is 12.1 Å². The minimum atomic E-state index is 0.00655. The molecule has 1 N–H and O–H groups in total. The van der Waals surface area contributed by atoms with E-state index in [0.717, 1.165) is 31.7 Å². The molecule has 0 aromatic heterocycles. The second-order valence-electron chi connectivity index (χ2n) is 5.33. The molecule has 2 fully saturated rings. The number of rotatable bonds is 3. The molecule has 0 unspecified atom stereocenters. The predicted octanol–water partition coefficient (Wildman–Crippen LogP) is 2.27. The van der Waals surface area contributed by atoms with Crippen LogP contribution in [-0.4, -0.2) is 41.3 Å². The van der Waals surface area contributed by atoms with E-state index in [0.29, 0.717) is 0 Å². The molecule has 0 spiro atoms. The summed E-state index contributed by atoms with van der Waals surface area (Å²) in [5, 5.41) is 9.66. The van der Waals surface area contributed by atoms with Crippen molar-refractivity contribution in [3.63, 3.8) is 0 Å². The van der Waals surface area contributed by atoms with Crippen molar-refractivity contribution in [3.8, 4) is 5.75 Å². The standard InChI is InChI=1S/C14H18INO2/c15-11-3-1-4-12(7-11)18-13-8-14(10-17)5-2-6-16(14)9-13/h1,3-4,7,13,17H,2,5-6,8-10H2/t13-,14-/m0/s1. The maximum atomic E-state index is 9.66. The average molecular weight is 359 g/mol. The second-order valence-corrected chi connectivity index (χ2v) is 6.58. The van der Waals surface area contributed by atoms with Crippen LogP contribution in [0.1, 0.15) is 19.3 Å². The monoisotopic (exact) mass is 359 g/mol. The average Bonchev–Trinajstić information content (AvgIpc) is 2.85. The van der Waals surface area contributed by atoms with Gasteiger partial charge in [-0.3, -0.25) is 4.90 Å². The number of aliphatic hydroxyl groups excluding tert-OH is 1. The molecule has 98 valence electrons. The molecule has 3 rings (SSSR count). The molecule has 2 aliphatic rings. The Morgan fingerprint density at radius 3 is 3.11 bits per heavy atom. The van der Waals surface area contributed by atoms with Crippen molar-refractivity contribution in [1.29, 1.82) is 0 Å². The van der Waals surface area contributed by atoms with Crippen LogP contribution in [0.2, 0.25) is 0 Å². The minimum absolute atomic E-state index is 0.00655. The summed E-state index contributed by atoms with van der Waals surface area (Å²) in [5.74, 6) is 0.946. The Balaban J connectivity index is 1.69. The van der Waals surface area contributed by atoms with Gasteiger partial charge in [0.1, 0.15) is 11.9 Å². The Morgan fingerprint density at radius 1 is 1.50 bits per heavy atom. The van der Waals surface area contributed by atoms with Crippen LogP contribution in [0.3, 0.4) is 0 Å². The first-order valence-electron chi connectivity index (χ1n) is 6.50. The van der Waals surface area contributed by atoms with E-state index in [4.69, 9.17) is 4.74 Å². The van der Waals surface area contributed by atoms with E-state index in [9.17, 15) is 5.11 Å². The smallest absolute Gasteiger partial charge is 0.120 e. The van der Waals surface area contributed by atoms with Gasteiger partial charge in [0.05, 0.1) is 6.61 Å². The number of halogens is 1. The van der Waals surface area contributed by atoms with Crippen LogP contribution in [-0.2, 0) is 0 Å². The number of benzene rings is 1. The van der Waals surface area contributed by atoms with Crippen molar-refractivity contribution in [2.24, 2.45) is 0 Å². The molecule has 2 aliphatic heterocycles. The molecule has 0 saturated carbocycles. The Bertz CT molecular complexity index is 440. The largest absolute Gasteiger partial charge is 0.489 e. The SMILES string of the molecule is OC[C@@]12CCCN1C[C@@H](Oc1cccc(I)c1)C2. The second kappa shape index (κ2) is 4.98. The van der Waals surface area contributed by atoms with Crippen LogP contribution in [0.15, 0.2) is 24.3 Å². The van der Waals surface area contributed by atoms with Crippen LogP contribution < -0.4 is 4.74 Å². The third-order valence-corrected chi connectivity index (χ3v) is 4.84. The van der Waals surface area contributed by atoms with Gasteiger partial charge in [0, 0.05) is 22.1 Å². The van der Waals surface area contributed by atoms with Crippen molar-refractivity contribution < 1.29 is 9.84 Å². The molecule has 3 nitrogen and oxygen atoms in total. The highest BCUT2D eigenvalue weighted by Gasteiger charge is 2.48. The number of hydrogen-bond acceptors (Lipinski definition) is 3. The van der Waals surface area contributed by atoms with Crippen LogP contribution in [0.25, 0.3) is 0 Å². The first-order chi connectivity index (χ1) is 8.72. The maximum absolute atomic E-state index is 9.66. The minimum Gasteiger partial charge on any atom is -0.489 e. The fraction of sp³-hybridized carbons (Fsp3) is 0.571. The van der Waals surface area contributed by atoms with Gasteiger partial charge >= 0.3 is 0 Å². The molecule has 0 bridgehead atoms. The zero-order chi connectivity index (χ0) is 12.6. The van der Waals surface area contributed by atoms with Crippen LogP contribution in [0.5, 0.6) is 5.75 Å². The summed E-state index contributed by atoms with van der Waals surface area (Å²) >= 11 is 2.30. The lowest BCUT2D eigenvalue weighted by Gasteiger charge is -2.28. The topological polar surface area (TPSA) is 32.7 Å². The predicted molar refractivity (Wildman–Crippen MR) is 78.8 cm³/mol. The van der Waals surface area contributed by atoms with Gasteiger partial charge in [0.25, 0.3) is 0 Å². The van der Waals surface area contributed by atoms with Crippen LogP contribution in [0, 0.1) is 3.57 Å². The quantitative estimate of drug-likeness (QED) is 0.841. The fourth-order valence-corrected chi connectivity index (χ4v) is 3.81. The van der Waals surface area contributed by atoms with E-state index in [2.05, 4.69) is 39.6 Å². The lowest BCUT2D eigenvalue weighted by Crippen LogP contribution is -2.41. The molecule has 1 aromatic rings. The number of aliphatic hydroxyl groups is 1. The molecule has 4 heteroatoms. The van der Waals surface area contributed by atoms with E-state index in [1.165, 1.54) is 9.99 Å². The Kier molecular flexibility index (Phi) is 3.51. The molecule has 18 heavy (non-hydrogen) atoms. The van der Waals surface area contributed by atoms with Crippen molar-refractivity contribution in [1.82, 2.24) is 4.90 Å². The summed E-state index contributed by atoms with van der Waals surface area (Å²) in [7, 11) is 0. The summed E-state index contributed by atoms with van der Waals surface area (Å²) in [6.45, 7) is 2.32. The molecule has 0 amide bonds. The summed E-state index contributed by atoms with van der Waals surface area (Å²) in [4.78, 5) is 2.41. The zero-order valence-corrected chi connectivity index (χ0v) is 12.5. The highest BCUT2D eigenvalue weighted by Crippen LogP contribution is 2.39. The van der Waals surface area contributed by atoms with E-state index in [1.54, 1.807) is 0 Å². The normalized spacial score (nSPS) is 31.6. The van der Waals surface area contributed by atoms with Crippen LogP contribution >= 0.6 is 22.6 Å². The van der Waals surface area contributed by atoms with Crippen LogP contribution in [0.4, 0.5) is 0 Å². The first kappa shape index (κ1) is 12.7. The van der Waals surface area contributed by atoms with Gasteiger partial charge < -0.3 is 9.84 Å². The van der Waals surface area contributed by atoms with Gasteiger partial charge in [-0.25, -0.2) is 0 Å². The molecule has 2 heterocycles. The Hall–Kier alpha value is -0.330. The van der Waals surface area contributed by atoms with Crippen molar-refractivity contribution in [3.05, 3.63) is 27.8 Å².